The maximum absolute atomic E-state index is 11.2. The Bertz CT molecular complexity index is 720. The van der Waals surface area contributed by atoms with Crippen LogP contribution >= 0.6 is 0 Å². The summed E-state index contributed by atoms with van der Waals surface area (Å²) in [6.45, 7) is 5.07. The van der Waals surface area contributed by atoms with E-state index in [0.29, 0.717) is 23.8 Å². The molecule has 0 aliphatic rings. The van der Waals surface area contributed by atoms with Gasteiger partial charge in [0, 0.05) is 17.5 Å². The van der Waals surface area contributed by atoms with Crippen LogP contribution in [0.15, 0.2) is 47.4 Å². The molecule has 25 heavy (non-hydrogen) atoms. The van der Waals surface area contributed by atoms with E-state index in [9.17, 15) is 8.76 Å². The summed E-state index contributed by atoms with van der Waals surface area (Å²) >= 11 is -2.20. The quantitative estimate of drug-likeness (QED) is 0.549. The summed E-state index contributed by atoms with van der Waals surface area (Å²) in [6.07, 6.45) is 0.749. The number of aryl methyl sites for hydroxylation is 1. The van der Waals surface area contributed by atoms with Crippen LogP contribution in [0.5, 0.6) is 11.5 Å². The Labute approximate surface area is 151 Å². The highest BCUT2D eigenvalue weighted by Gasteiger charge is 2.07. The highest BCUT2D eigenvalue weighted by atomic mass is 32.2. The van der Waals surface area contributed by atoms with E-state index in [4.69, 9.17) is 9.47 Å². The molecule has 0 saturated heterocycles. The summed E-state index contributed by atoms with van der Waals surface area (Å²) in [4.78, 5) is 0.365. The molecule has 136 valence electrons. The van der Waals surface area contributed by atoms with Crippen LogP contribution < -0.4 is 14.8 Å². The molecule has 2 atom stereocenters. The first kappa shape index (κ1) is 19.4. The second-order valence-electron chi connectivity index (χ2n) is 5.89. The smallest absolute Gasteiger partial charge is 0.161 e. The highest BCUT2D eigenvalue weighted by Crippen LogP contribution is 2.25. The van der Waals surface area contributed by atoms with E-state index in [1.165, 1.54) is 0 Å². The van der Waals surface area contributed by atoms with Gasteiger partial charge in [0.05, 0.1) is 7.11 Å². The van der Waals surface area contributed by atoms with Gasteiger partial charge in [-0.3, -0.25) is 4.21 Å². The van der Waals surface area contributed by atoms with Gasteiger partial charge in [0.15, 0.2) is 11.5 Å². The van der Waals surface area contributed by atoms with Gasteiger partial charge in [0.25, 0.3) is 0 Å². The van der Waals surface area contributed by atoms with Gasteiger partial charge in [-0.05, 0) is 60.7 Å². The van der Waals surface area contributed by atoms with E-state index in [1.54, 1.807) is 20.1 Å². The van der Waals surface area contributed by atoms with Crippen molar-refractivity contribution >= 4 is 11.1 Å². The molecule has 0 fully saturated rings. The van der Waals surface area contributed by atoms with Crippen LogP contribution in [0.2, 0.25) is 0 Å². The van der Waals surface area contributed by atoms with Crippen LogP contribution in [-0.4, -0.2) is 35.1 Å². The van der Waals surface area contributed by atoms with E-state index < -0.39 is 11.1 Å². The predicted molar refractivity (Wildman–Crippen MR) is 98.0 cm³/mol. The van der Waals surface area contributed by atoms with Crippen molar-refractivity contribution in [1.29, 1.82) is 0 Å². The van der Waals surface area contributed by atoms with Gasteiger partial charge in [0.2, 0.25) is 0 Å². The molecule has 0 saturated carbocycles. The van der Waals surface area contributed by atoms with Crippen molar-refractivity contribution in [3.63, 3.8) is 0 Å². The molecule has 5 nitrogen and oxygen atoms in total. The number of nitrogens with one attached hydrogen (secondary N) is 1. The van der Waals surface area contributed by atoms with Gasteiger partial charge in [-0.2, -0.15) is 0 Å². The van der Waals surface area contributed by atoms with Gasteiger partial charge in [0.1, 0.15) is 6.61 Å². The summed E-state index contributed by atoms with van der Waals surface area (Å²) in [5.41, 5.74) is 1.76. The molecule has 0 spiro atoms. The van der Waals surface area contributed by atoms with Gasteiger partial charge in [-0.15, -0.1) is 0 Å². The summed E-state index contributed by atoms with van der Waals surface area (Å²) in [5, 5.41) is 3.38. The van der Waals surface area contributed by atoms with Gasteiger partial charge in [-0.1, -0.05) is 24.3 Å². The summed E-state index contributed by atoms with van der Waals surface area (Å²) < 4.78 is 33.4. The second kappa shape index (κ2) is 9.56. The predicted octanol–water partition coefficient (Wildman–Crippen LogP) is 2.84. The van der Waals surface area contributed by atoms with E-state index >= 15 is 0 Å². The molecule has 0 aromatic heterocycles. The van der Waals surface area contributed by atoms with E-state index in [2.05, 4.69) is 12.2 Å². The van der Waals surface area contributed by atoms with E-state index in [0.717, 1.165) is 23.3 Å². The first-order chi connectivity index (χ1) is 12.0. The average molecular weight is 362 g/mol. The lowest BCUT2D eigenvalue weighted by Gasteiger charge is -2.17. The molecule has 6 heteroatoms. The van der Waals surface area contributed by atoms with Crippen LogP contribution in [-0.2, 0) is 17.5 Å². The Morgan fingerprint density at radius 2 is 1.92 bits per heavy atom. The number of benzene rings is 2. The lowest BCUT2D eigenvalue weighted by atomic mass is 10.1. The summed E-state index contributed by atoms with van der Waals surface area (Å²) in [5.74, 6) is 1.44. The largest absolute Gasteiger partial charge is 0.768 e. The Hall–Kier alpha value is -1.89. The van der Waals surface area contributed by atoms with Gasteiger partial charge >= 0.3 is 0 Å². The fourth-order valence-corrected chi connectivity index (χ4v) is 3.16. The van der Waals surface area contributed by atoms with Crippen molar-refractivity contribution in [3.05, 3.63) is 53.6 Å². The van der Waals surface area contributed by atoms with Crippen molar-refractivity contribution in [2.75, 3.05) is 20.3 Å². The van der Waals surface area contributed by atoms with Crippen molar-refractivity contribution in [1.82, 2.24) is 5.32 Å². The monoisotopic (exact) mass is 362 g/mol. The average Bonchev–Trinajstić information content (AvgIpc) is 2.60. The molecule has 0 heterocycles. The fraction of sp³-hybridized carbons (Fsp3) is 0.368. The third kappa shape index (κ3) is 5.85. The molecule has 0 radical (unpaired) electrons. The number of hydrogen-bond donors (Lipinski definition) is 1. The molecule has 0 aliphatic heterocycles. The molecular weight excluding hydrogens is 338 g/mol. The third-order valence-corrected chi connectivity index (χ3v) is 4.69. The zero-order valence-electron chi connectivity index (χ0n) is 14.8. The molecular formula is C19H24NO4S-. The van der Waals surface area contributed by atoms with Gasteiger partial charge in [-0.25, -0.2) is 0 Å². The molecule has 2 aromatic rings. The molecule has 1 N–H and O–H groups in total. The molecule has 0 bridgehead atoms. The maximum Gasteiger partial charge on any atom is 0.161 e. The normalized spacial score (nSPS) is 13.3. The van der Waals surface area contributed by atoms with Crippen LogP contribution in [0.3, 0.4) is 0 Å². The van der Waals surface area contributed by atoms with E-state index in [1.807, 2.05) is 36.4 Å². The minimum Gasteiger partial charge on any atom is -0.768 e. The van der Waals surface area contributed by atoms with Crippen molar-refractivity contribution in [2.24, 2.45) is 0 Å². The maximum atomic E-state index is 11.2. The summed E-state index contributed by atoms with van der Waals surface area (Å²) in [7, 11) is 1.62. The van der Waals surface area contributed by atoms with Crippen molar-refractivity contribution in [2.45, 2.75) is 31.2 Å². The van der Waals surface area contributed by atoms with Gasteiger partial charge < -0.3 is 19.3 Å². The zero-order chi connectivity index (χ0) is 18.2. The Balaban J connectivity index is 1.80. The van der Waals surface area contributed by atoms with Crippen LogP contribution in [0.4, 0.5) is 0 Å². The lowest BCUT2D eigenvalue weighted by molar-refractivity contribution is 0.287. The number of para-hydroxylation sites is 2. The highest BCUT2D eigenvalue weighted by molar-refractivity contribution is 7.79. The molecule has 0 amide bonds. The minimum atomic E-state index is -2.20. The molecule has 2 aromatic carbocycles. The third-order valence-electron chi connectivity index (χ3n) is 3.90. The first-order valence-corrected chi connectivity index (χ1v) is 9.26. The Morgan fingerprint density at radius 3 is 2.60 bits per heavy atom. The second-order valence-corrected chi connectivity index (χ2v) is 6.80. The minimum absolute atomic E-state index is 0.205. The van der Waals surface area contributed by atoms with Crippen LogP contribution in [0.25, 0.3) is 0 Å². The van der Waals surface area contributed by atoms with Crippen LogP contribution in [0.1, 0.15) is 18.1 Å². The Kier molecular flexibility index (Phi) is 7.43. The number of rotatable bonds is 9. The summed E-state index contributed by atoms with van der Waals surface area (Å²) in [6, 6.07) is 13.3. The van der Waals surface area contributed by atoms with Crippen molar-refractivity contribution < 1.29 is 18.2 Å². The topological polar surface area (TPSA) is 70.6 Å². The zero-order valence-corrected chi connectivity index (χ0v) is 15.6. The molecule has 2 unspecified atom stereocenters. The van der Waals surface area contributed by atoms with Crippen molar-refractivity contribution in [3.8, 4) is 11.5 Å². The molecule has 2 rings (SSSR count). The number of methoxy groups -OCH3 is 1. The lowest BCUT2D eigenvalue weighted by Crippen LogP contribution is -2.31. The van der Waals surface area contributed by atoms with E-state index in [-0.39, 0.29) is 6.04 Å². The first-order valence-electron chi connectivity index (χ1n) is 8.19. The number of ether oxygens (including phenoxy) is 2. The number of hydrogen-bond acceptors (Lipinski definition) is 5. The standard InChI is InChI=1S/C19H25NO4S/c1-14-8-9-16(13-19(14)25(21)22)12-15(2)20-10-11-24-18-7-5-4-6-17(18)23-3/h4-9,13,15,20H,10-12H2,1-3H3,(H,21,22)/p-1. The van der Waals surface area contributed by atoms with Crippen LogP contribution in [0, 0.1) is 6.92 Å². The molecule has 0 aliphatic carbocycles. The Morgan fingerprint density at radius 1 is 1.20 bits per heavy atom. The SMILES string of the molecule is COc1ccccc1OCCNC(C)Cc1ccc(C)c(S(=O)[O-])c1. The fourth-order valence-electron chi connectivity index (χ4n) is 2.58.